The third kappa shape index (κ3) is 2.09. The maximum atomic E-state index is 13.9. The van der Waals surface area contributed by atoms with Crippen molar-refractivity contribution in [3.05, 3.63) is 58.6 Å². The largest absolute Gasteiger partial charge is 0.272 e. The first-order chi connectivity index (χ1) is 8.03. The van der Waals surface area contributed by atoms with Gasteiger partial charge in [0.15, 0.2) is 11.5 Å². The number of rotatable bonds is 2. The van der Waals surface area contributed by atoms with E-state index in [0.29, 0.717) is 12.2 Å². The zero-order chi connectivity index (χ0) is 12.5. The maximum absolute atomic E-state index is 13.9. The van der Waals surface area contributed by atoms with Crippen molar-refractivity contribution in [2.75, 3.05) is 13.6 Å². The molecule has 2 rings (SSSR count). The third-order valence-corrected chi connectivity index (χ3v) is 2.84. The highest BCUT2D eigenvalue weighted by Gasteiger charge is 2.27. The zero-order valence-electron chi connectivity index (χ0n) is 9.34. The molecule has 0 spiro atoms. The molecule has 0 radical (unpaired) electrons. The summed E-state index contributed by atoms with van der Waals surface area (Å²) in [5.41, 5.74) is 0.200. The summed E-state index contributed by atoms with van der Waals surface area (Å²) in [6.07, 6.45) is 7.51. The van der Waals surface area contributed by atoms with Crippen LogP contribution in [0.2, 0.25) is 0 Å². The van der Waals surface area contributed by atoms with Crippen molar-refractivity contribution >= 4 is 11.4 Å². The van der Waals surface area contributed by atoms with Crippen LogP contribution in [-0.4, -0.2) is 18.5 Å². The SMILES string of the molecule is C[N+]1(c2ccc([N+](=O)[O-])cc2F)C=CC=CC1. The molecule has 0 fully saturated rings. The molecule has 0 amide bonds. The molecule has 1 aromatic carbocycles. The standard InChI is InChI=1S/C12H12FN2O2/c1-15(7-3-2-4-8-15)12-6-5-10(14(16)17)9-11(12)13/h2-7,9H,8H2,1H3/q+1. The van der Waals surface area contributed by atoms with Gasteiger partial charge in [0.1, 0.15) is 12.7 Å². The first-order valence-electron chi connectivity index (χ1n) is 5.17. The van der Waals surface area contributed by atoms with Crippen molar-refractivity contribution in [3.8, 4) is 0 Å². The van der Waals surface area contributed by atoms with E-state index in [1.165, 1.54) is 12.1 Å². The van der Waals surface area contributed by atoms with Crippen LogP contribution in [0, 0.1) is 15.9 Å². The number of nitro benzene ring substituents is 1. The smallest absolute Gasteiger partial charge is 0.262 e. The van der Waals surface area contributed by atoms with Crippen LogP contribution in [0.3, 0.4) is 0 Å². The molecule has 0 saturated carbocycles. The minimum atomic E-state index is -0.598. The van der Waals surface area contributed by atoms with E-state index in [-0.39, 0.29) is 10.2 Å². The molecule has 0 aromatic heterocycles. The Morgan fingerprint density at radius 3 is 2.71 bits per heavy atom. The summed E-state index contributed by atoms with van der Waals surface area (Å²) < 4.78 is 14.1. The van der Waals surface area contributed by atoms with E-state index in [0.717, 1.165) is 6.07 Å². The van der Waals surface area contributed by atoms with E-state index in [1.807, 2.05) is 31.5 Å². The van der Waals surface area contributed by atoms with Crippen LogP contribution < -0.4 is 4.48 Å². The van der Waals surface area contributed by atoms with E-state index in [9.17, 15) is 14.5 Å². The van der Waals surface area contributed by atoms with Gasteiger partial charge in [0.25, 0.3) is 5.69 Å². The molecule has 4 nitrogen and oxygen atoms in total. The highest BCUT2D eigenvalue weighted by Crippen LogP contribution is 2.29. The monoisotopic (exact) mass is 235 g/mol. The Morgan fingerprint density at radius 1 is 1.41 bits per heavy atom. The van der Waals surface area contributed by atoms with Gasteiger partial charge < -0.3 is 0 Å². The Balaban J connectivity index is 2.43. The predicted molar refractivity (Wildman–Crippen MR) is 63.9 cm³/mol. The molecule has 1 atom stereocenters. The molecule has 0 aliphatic carbocycles. The maximum Gasteiger partial charge on any atom is 0.272 e. The van der Waals surface area contributed by atoms with Gasteiger partial charge in [-0.05, 0) is 12.2 Å². The molecular weight excluding hydrogens is 223 g/mol. The number of halogens is 1. The third-order valence-electron chi connectivity index (χ3n) is 2.84. The van der Waals surface area contributed by atoms with E-state index in [1.54, 1.807) is 0 Å². The van der Waals surface area contributed by atoms with Crippen molar-refractivity contribution in [1.29, 1.82) is 0 Å². The minimum Gasteiger partial charge on any atom is -0.262 e. The van der Waals surface area contributed by atoms with Crippen LogP contribution >= 0.6 is 0 Å². The highest BCUT2D eigenvalue weighted by molar-refractivity contribution is 5.52. The van der Waals surface area contributed by atoms with E-state index in [4.69, 9.17) is 0 Å². The van der Waals surface area contributed by atoms with Crippen LogP contribution in [0.5, 0.6) is 0 Å². The van der Waals surface area contributed by atoms with Gasteiger partial charge >= 0.3 is 0 Å². The van der Waals surface area contributed by atoms with Gasteiger partial charge in [-0.3, -0.25) is 14.6 Å². The Morgan fingerprint density at radius 2 is 2.18 bits per heavy atom. The van der Waals surface area contributed by atoms with E-state index in [2.05, 4.69) is 0 Å². The van der Waals surface area contributed by atoms with Crippen LogP contribution in [0.15, 0.2) is 42.6 Å². The van der Waals surface area contributed by atoms with Gasteiger partial charge in [0.2, 0.25) is 0 Å². The lowest BCUT2D eigenvalue weighted by molar-refractivity contribution is -0.385. The summed E-state index contributed by atoms with van der Waals surface area (Å²) in [7, 11) is 1.85. The van der Waals surface area contributed by atoms with Gasteiger partial charge in [-0.25, -0.2) is 4.39 Å². The lowest BCUT2D eigenvalue weighted by Crippen LogP contribution is -2.40. The topological polar surface area (TPSA) is 43.1 Å². The van der Waals surface area contributed by atoms with E-state index >= 15 is 0 Å². The quantitative estimate of drug-likeness (QED) is 0.449. The van der Waals surface area contributed by atoms with Gasteiger partial charge in [-0.2, -0.15) is 0 Å². The number of nitro groups is 1. The van der Waals surface area contributed by atoms with Crippen LogP contribution in [0.4, 0.5) is 15.8 Å². The number of likely N-dealkylation sites (N-methyl/N-ethyl adjacent to an activating group) is 1. The highest BCUT2D eigenvalue weighted by atomic mass is 19.1. The number of quaternary nitrogens is 1. The molecule has 88 valence electrons. The molecule has 0 bridgehead atoms. The second-order valence-corrected chi connectivity index (χ2v) is 4.11. The molecule has 1 aromatic rings. The minimum absolute atomic E-state index is 0.227. The van der Waals surface area contributed by atoms with Gasteiger partial charge in [-0.1, -0.05) is 6.08 Å². The number of nitrogens with zero attached hydrogens (tertiary/aromatic N) is 2. The van der Waals surface area contributed by atoms with Crippen LogP contribution in [0.25, 0.3) is 0 Å². The number of non-ortho nitro benzene ring substituents is 1. The molecule has 0 saturated heterocycles. The molecule has 1 aliphatic rings. The van der Waals surface area contributed by atoms with Crippen molar-refractivity contribution in [2.45, 2.75) is 0 Å². The normalized spacial score (nSPS) is 22.7. The average Bonchev–Trinajstić information content (AvgIpc) is 2.29. The fourth-order valence-electron chi connectivity index (χ4n) is 1.86. The molecule has 1 aliphatic heterocycles. The zero-order valence-corrected chi connectivity index (χ0v) is 9.34. The molecule has 5 heteroatoms. The second kappa shape index (κ2) is 4.10. The molecule has 1 unspecified atom stereocenters. The summed E-state index contributed by atoms with van der Waals surface area (Å²) in [5, 5.41) is 10.5. The van der Waals surface area contributed by atoms with Crippen molar-refractivity contribution in [3.63, 3.8) is 0 Å². The predicted octanol–water partition coefficient (Wildman–Crippen LogP) is 2.75. The van der Waals surface area contributed by atoms with Crippen LogP contribution in [-0.2, 0) is 0 Å². The second-order valence-electron chi connectivity index (χ2n) is 4.11. The Labute approximate surface area is 98.0 Å². The van der Waals surface area contributed by atoms with Gasteiger partial charge in [0.05, 0.1) is 18.0 Å². The summed E-state index contributed by atoms with van der Waals surface area (Å²) in [6, 6.07) is 3.76. The summed E-state index contributed by atoms with van der Waals surface area (Å²) >= 11 is 0. The number of benzene rings is 1. The summed E-state index contributed by atoms with van der Waals surface area (Å²) in [6.45, 7) is 0.630. The Bertz CT molecular complexity index is 525. The molecule has 1 heterocycles. The molecule has 0 N–H and O–H groups in total. The van der Waals surface area contributed by atoms with E-state index < -0.39 is 10.7 Å². The first-order valence-corrected chi connectivity index (χ1v) is 5.17. The number of hydrogen-bond acceptors (Lipinski definition) is 2. The number of allylic oxidation sites excluding steroid dienone is 2. The molecular formula is C12H12FN2O2+. The van der Waals surface area contributed by atoms with Crippen molar-refractivity contribution < 1.29 is 9.31 Å². The lowest BCUT2D eigenvalue weighted by atomic mass is 10.2. The fourth-order valence-corrected chi connectivity index (χ4v) is 1.86. The first kappa shape index (κ1) is 11.5. The Kier molecular flexibility index (Phi) is 2.77. The van der Waals surface area contributed by atoms with Gasteiger partial charge in [-0.15, -0.1) is 0 Å². The Hall–Kier alpha value is -2.01. The van der Waals surface area contributed by atoms with Gasteiger partial charge in [0, 0.05) is 12.1 Å². The summed E-state index contributed by atoms with van der Waals surface area (Å²) in [5.74, 6) is -0.554. The van der Waals surface area contributed by atoms with Crippen molar-refractivity contribution in [1.82, 2.24) is 4.48 Å². The number of hydrogen-bond donors (Lipinski definition) is 0. The van der Waals surface area contributed by atoms with Crippen LogP contribution in [0.1, 0.15) is 0 Å². The average molecular weight is 235 g/mol. The fraction of sp³-hybridized carbons (Fsp3) is 0.167. The molecule has 17 heavy (non-hydrogen) atoms. The summed E-state index contributed by atoms with van der Waals surface area (Å²) in [4.78, 5) is 9.93. The lowest BCUT2D eigenvalue weighted by Gasteiger charge is -2.30. The van der Waals surface area contributed by atoms with Crippen molar-refractivity contribution in [2.24, 2.45) is 0 Å².